The van der Waals surface area contributed by atoms with Gasteiger partial charge in [-0.2, -0.15) is 0 Å². The van der Waals surface area contributed by atoms with Crippen LogP contribution in [-0.2, 0) is 19.2 Å². The Kier molecular flexibility index (Phi) is 11.8. The molecule has 0 heterocycles. The van der Waals surface area contributed by atoms with Crippen molar-refractivity contribution in [3.8, 4) is 45.3 Å². The van der Waals surface area contributed by atoms with Crippen LogP contribution in [0.4, 0.5) is 4.39 Å². The predicted octanol–water partition coefficient (Wildman–Crippen LogP) is 9.26. The van der Waals surface area contributed by atoms with Gasteiger partial charge in [-0.1, -0.05) is 87.0 Å². The van der Waals surface area contributed by atoms with Crippen LogP contribution in [0.3, 0.4) is 0 Å². The van der Waals surface area contributed by atoms with Crippen molar-refractivity contribution < 1.29 is 42.5 Å². The number of hydrogen-bond donors (Lipinski definition) is 0. The summed E-state index contributed by atoms with van der Waals surface area (Å²) in [7, 11) is 0. The topological polar surface area (TPSA) is 105 Å². The third-order valence-electron chi connectivity index (χ3n) is 7.11. The van der Waals surface area contributed by atoms with Gasteiger partial charge in [-0.3, -0.25) is 0 Å². The molecule has 0 aliphatic rings. The van der Waals surface area contributed by atoms with E-state index in [2.05, 4.69) is 26.3 Å². The zero-order valence-corrected chi connectivity index (χ0v) is 28.6. The first-order valence-corrected chi connectivity index (χ1v) is 15.5. The molecule has 0 aromatic heterocycles. The van der Waals surface area contributed by atoms with Gasteiger partial charge in [0.1, 0.15) is 5.82 Å². The standard InChI is InChI=1S/C42H35FO8/c1-24(2)39(44)48-35-19-16-31(22-37(35)50-41(46)26(5)6)30-14-11-28(12-15-30)9-10-29-13-18-33(34(43)21-29)32-17-20-36(49-40(45)25(3)4)38(23-32)51-42(47)27(7)8/h9-23H,1,3,5,7H2,2,4,6,8H3. The lowest BCUT2D eigenvalue weighted by atomic mass is 10.0. The quantitative estimate of drug-likeness (QED) is 0.0629. The molecule has 0 aliphatic heterocycles. The van der Waals surface area contributed by atoms with Crippen LogP contribution in [0, 0.1) is 5.82 Å². The number of esters is 4. The molecule has 4 aromatic carbocycles. The summed E-state index contributed by atoms with van der Waals surface area (Å²) in [4.78, 5) is 48.8. The van der Waals surface area contributed by atoms with Crippen LogP contribution in [0.5, 0.6) is 23.0 Å². The molecular weight excluding hydrogens is 651 g/mol. The van der Waals surface area contributed by atoms with Crippen LogP contribution in [0.1, 0.15) is 38.8 Å². The van der Waals surface area contributed by atoms with Gasteiger partial charge in [0, 0.05) is 27.9 Å². The minimum absolute atomic E-state index is 0.0277. The summed E-state index contributed by atoms with van der Waals surface area (Å²) in [6.07, 6.45) is 3.57. The molecule has 0 unspecified atom stereocenters. The summed E-state index contributed by atoms with van der Waals surface area (Å²) >= 11 is 0. The number of rotatable bonds is 12. The fraction of sp³-hybridized carbons (Fsp3) is 0.0952. The largest absolute Gasteiger partial charge is 0.419 e. The summed E-state index contributed by atoms with van der Waals surface area (Å²) < 4.78 is 36.9. The van der Waals surface area contributed by atoms with Crippen molar-refractivity contribution in [2.75, 3.05) is 0 Å². The molecule has 0 atom stereocenters. The molecule has 0 saturated heterocycles. The van der Waals surface area contributed by atoms with Gasteiger partial charge in [0.25, 0.3) is 0 Å². The van der Waals surface area contributed by atoms with E-state index in [1.165, 1.54) is 52.0 Å². The summed E-state index contributed by atoms with van der Waals surface area (Å²) in [5.74, 6) is -3.29. The third kappa shape index (κ3) is 9.73. The fourth-order valence-electron chi connectivity index (χ4n) is 4.29. The molecule has 9 heteroatoms. The Balaban J connectivity index is 1.55. The first-order chi connectivity index (χ1) is 24.1. The van der Waals surface area contributed by atoms with Crippen LogP contribution in [0.15, 0.2) is 127 Å². The average molecular weight is 687 g/mol. The van der Waals surface area contributed by atoms with Gasteiger partial charge in [-0.15, -0.1) is 0 Å². The van der Waals surface area contributed by atoms with Crippen molar-refractivity contribution >= 4 is 36.0 Å². The molecule has 0 amide bonds. The molecule has 4 aromatic rings. The van der Waals surface area contributed by atoms with Crippen LogP contribution in [-0.4, -0.2) is 23.9 Å². The zero-order chi connectivity index (χ0) is 37.4. The lowest BCUT2D eigenvalue weighted by molar-refractivity contribution is -0.132. The smallest absolute Gasteiger partial charge is 0.338 e. The summed E-state index contributed by atoms with van der Waals surface area (Å²) in [6, 6.07) is 21.3. The van der Waals surface area contributed by atoms with E-state index in [0.29, 0.717) is 16.7 Å². The molecule has 0 bridgehead atoms. The molecule has 0 N–H and O–H groups in total. The lowest BCUT2D eigenvalue weighted by Gasteiger charge is -2.13. The second-order valence-corrected chi connectivity index (χ2v) is 11.7. The van der Waals surface area contributed by atoms with Crippen LogP contribution >= 0.6 is 0 Å². The van der Waals surface area contributed by atoms with Gasteiger partial charge < -0.3 is 18.9 Å². The Morgan fingerprint density at radius 2 is 0.843 bits per heavy atom. The zero-order valence-electron chi connectivity index (χ0n) is 28.6. The van der Waals surface area contributed by atoms with Gasteiger partial charge in [-0.25, -0.2) is 23.6 Å². The Bertz CT molecular complexity index is 2140. The van der Waals surface area contributed by atoms with E-state index in [1.807, 2.05) is 30.3 Å². The van der Waals surface area contributed by atoms with Crippen molar-refractivity contribution in [2.45, 2.75) is 27.7 Å². The van der Waals surface area contributed by atoms with Crippen molar-refractivity contribution in [3.05, 3.63) is 144 Å². The third-order valence-corrected chi connectivity index (χ3v) is 7.11. The van der Waals surface area contributed by atoms with Crippen molar-refractivity contribution in [3.63, 3.8) is 0 Å². The SMILES string of the molecule is C=C(C)C(=O)Oc1ccc(-c2ccc(C=Cc3ccc(-c4ccc(OC(=O)C(=C)C)c(OC(=O)C(=C)C)c4)c(F)c3)cc2)cc1OC(=O)C(=C)C. The van der Waals surface area contributed by atoms with E-state index in [-0.39, 0.29) is 50.9 Å². The van der Waals surface area contributed by atoms with E-state index in [9.17, 15) is 19.2 Å². The fourth-order valence-corrected chi connectivity index (χ4v) is 4.29. The molecule has 0 radical (unpaired) electrons. The minimum atomic E-state index is -0.734. The van der Waals surface area contributed by atoms with Gasteiger partial charge >= 0.3 is 23.9 Å². The number of benzene rings is 4. The second-order valence-electron chi connectivity index (χ2n) is 11.7. The Morgan fingerprint density at radius 1 is 0.471 bits per heavy atom. The van der Waals surface area contributed by atoms with Crippen LogP contribution in [0.2, 0.25) is 0 Å². The lowest BCUT2D eigenvalue weighted by Crippen LogP contribution is -2.12. The molecule has 0 saturated carbocycles. The maximum absolute atomic E-state index is 15.4. The minimum Gasteiger partial charge on any atom is -0.419 e. The molecular formula is C42H35FO8. The molecule has 4 rings (SSSR count). The van der Waals surface area contributed by atoms with E-state index < -0.39 is 29.7 Å². The molecule has 51 heavy (non-hydrogen) atoms. The molecule has 0 spiro atoms. The predicted molar refractivity (Wildman–Crippen MR) is 194 cm³/mol. The second kappa shape index (κ2) is 16.2. The highest BCUT2D eigenvalue weighted by Gasteiger charge is 2.18. The van der Waals surface area contributed by atoms with Crippen LogP contribution < -0.4 is 18.9 Å². The maximum Gasteiger partial charge on any atom is 0.338 e. The van der Waals surface area contributed by atoms with Crippen molar-refractivity contribution in [1.82, 2.24) is 0 Å². The van der Waals surface area contributed by atoms with Gasteiger partial charge in [0.2, 0.25) is 0 Å². The Hall–Kier alpha value is -6.61. The number of carbonyl (C=O) groups excluding carboxylic acids is 4. The normalized spacial score (nSPS) is 10.6. The molecule has 0 fully saturated rings. The Labute approximate surface area is 295 Å². The summed E-state index contributed by atoms with van der Waals surface area (Å²) in [6.45, 7) is 20.3. The molecule has 0 aliphatic carbocycles. The average Bonchev–Trinajstić information content (AvgIpc) is 3.08. The number of carbonyl (C=O) groups is 4. The highest BCUT2D eigenvalue weighted by Crippen LogP contribution is 2.36. The van der Waals surface area contributed by atoms with E-state index in [1.54, 1.807) is 36.4 Å². The number of ether oxygens (including phenoxy) is 4. The molecule has 8 nitrogen and oxygen atoms in total. The summed E-state index contributed by atoms with van der Waals surface area (Å²) in [5.41, 5.74) is 4.16. The van der Waals surface area contributed by atoms with E-state index in [4.69, 9.17) is 18.9 Å². The highest BCUT2D eigenvalue weighted by atomic mass is 19.1. The Morgan fingerprint density at radius 3 is 1.29 bits per heavy atom. The van der Waals surface area contributed by atoms with Crippen LogP contribution in [0.25, 0.3) is 34.4 Å². The van der Waals surface area contributed by atoms with Gasteiger partial charge in [-0.05, 0) is 85.8 Å². The monoisotopic (exact) mass is 686 g/mol. The van der Waals surface area contributed by atoms with Crippen molar-refractivity contribution in [2.24, 2.45) is 0 Å². The van der Waals surface area contributed by atoms with Gasteiger partial charge in [0.05, 0.1) is 0 Å². The van der Waals surface area contributed by atoms with E-state index in [0.717, 1.165) is 11.1 Å². The molecule has 258 valence electrons. The number of halogens is 1. The van der Waals surface area contributed by atoms with Gasteiger partial charge in [0.15, 0.2) is 23.0 Å². The van der Waals surface area contributed by atoms with E-state index >= 15 is 4.39 Å². The summed E-state index contributed by atoms with van der Waals surface area (Å²) in [5, 5.41) is 0. The first-order valence-electron chi connectivity index (χ1n) is 15.5. The number of hydrogen-bond acceptors (Lipinski definition) is 8. The van der Waals surface area contributed by atoms with Crippen molar-refractivity contribution in [1.29, 1.82) is 0 Å². The maximum atomic E-state index is 15.4. The highest BCUT2D eigenvalue weighted by molar-refractivity contribution is 5.92. The first kappa shape index (κ1) is 37.2.